The summed E-state index contributed by atoms with van der Waals surface area (Å²) < 4.78 is 0. The van der Waals surface area contributed by atoms with Gasteiger partial charge in [0.05, 0.1) is 11.1 Å². The van der Waals surface area contributed by atoms with Crippen molar-refractivity contribution in [2.24, 2.45) is 5.92 Å². The smallest absolute Gasteiger partial charge is 0.0705 e. The van der Waals surface area contributed by atoms with Crippen LogP contribution in [0.25, 0.3) is 10.9 Å². The zero-order chi connectivity index (χ0) is 14.0. The fraction of sp³-hybridized carbons (Fsp3) is 0.500. The fourth-order valence-electron chi connectivity index (χ4n) is 3.34. The molecule has 1 N–H and O–H groups in total. The van der Waals surface area contributed by atoms with Gasteiger partial charge in [0, 0.05) is 17.5 Å². The molecule has 1 aromatic heterocycles. The van der Waals surface area contributed by atoms with Crippen LogP contribution < -0.4 is 0 Å². The number of rotatable bonds is 3. The molecule has 1 fully saturated rings. The molecule has 1 aromatic carbocycles. The van der Waals surface area contributed by atoms with Gasteiger partial charge in [-0.1, -0.05) is 37.6 Å². The third kappa shape index (κ3) is 2.85. The van der Waals surface area contributed by atoms with Crippen molar-refractivity contribution >= 4 is 10.9 Å². The van der Waals surface area contributed by atoms with E-state index in [1.165, 1.54) is 6.42 Å². The SMILES string of the molecule is CCC1CCC(O)(Cc2ccc3ccccc3n2)CC1. The van der Waals surface area contributed by atoms with E-state index in [1.54, 1.807) is 0 Å². The molecule has 0 saturated heterocycles. The lowest BCUT2D eigenvalue weighted by atomic mass is 9.76. The molecule has 2 heteroatoms. The number of hydrogen-bond donors (Lipinski definition) is 1. The Bertz CT molecular complexity index is 585. The molecule has 2 nitrogen and oxygen atoms in total. The van der Waals surface area contributed by atoms with E-state index in [4.69, 9.17) is 4.98 Å². The highest BCUT2D eigenvalue weighted by molar-refractivity contribution is 5.78. The Balaban J connectivity index is 1.75. The molecule has 1 aliphatic rings. The van der Waals surface area contributed by atoms with Crippen LogP contribution in [0, 0.1) is 5.92 Å². The highest BCUT2D eigenvalue weighted by Crippen LogP contribution is 2.35. The Kier molecular flexibility index (Phi) is 3.75. The van der Waals surface area contributed by atoms with E-state index in [9.17, 15) is 5.11 Å². The molecule has 0 radical (unpaired) electrons. The summed E-state index contributed by atoms with van der Waals surface area (Å²) in [6.45, 7) is 2.25. The van der Waals surface area contributed by atoms with Crippen molar-refractivity contribution in [3.63, 3.8) is 0 Å². The van der Waals surface area contributed by atoms with Crippen LogP contribution in [0.2, 0.25) is 0 Å². The number of nitrogens with zero attached hydrogens (tertiary/aromatic N) is 1. The molecular formula is C18H23NO. The van der Waals surface area contributed by atoms with E-state index >= 15 is 0 Å². The van der Waals surface area contributed by atoms with E-state index in [2.05, 4.69) is 25.1 Å². The molecule has 0 amide bonds. The average molecular weight is 269 g/mol. The van der Waals surface area contributed by atoms with Gasteiger partial charge in [-0.05, 0) is 43.7 Å². The lowest BCUT2D eigenvalue weighted by Gasteiger charge is -2.35. The van der Waals surface area contributed by atoms with Crippen molar-refractivity contribution in [2.45, 2.75) is 51.0 Å². The quantitative estimate of drug-likeness (QED) is 0.909. The first-order chi connectivity index (χ1) is 9.68. The van der Waals surface area contributed by atoms with Gasteiger partial charge in [-0.15, -0.1) is 0 Å². The number of para-hydroxylation sites is 1. The van der Waals surface area contributed by atoms with Gasteiger partial charge in [0.25, 0.3) is 0 Å². The zero-order valence-corrected chi connectivity index (χ0v) is 12.2. The molecule has 0 unspecified atom stereocenters. The van der Waals surface area contributed by atoms with Crippen LogP contribution in [0.5, 0.6) is 0 Å². The second kappa shape index (κ2) is 5.53. The van der Waals surface area contributed by atoms with Gasteiger partial charge in [0.15, 0.2) is 0 Å². The largest absolute Gasteiger partial charge is 0.389 e. The van der Waals surface area contributed by atoms with E-state index in [-0.39, 0.29) is 0 Å². The summed E-state index contributed by atoms with van der Waals surface area (Å²) in [6, 6.07) is 12.3. The fourth-order valence-corrected chi connectivity index (χ4v) is 3.34. The summed E-state index contributed by atoms with van der Waals surface area (Å²) in [6.07, 6.45) is 6.07. The maximum Gasteiger partial charge on any atom is 0.0705 e. The van der Waals surface area contributed by atoms with Gasteiger partial charge in [-0.25, -0.2) is 0 Å². The van der Waals surface area contributed by atoms with Crippen LogP contribution in [0.15, 0.2) is 36.4 Å². The van der Waals surface area contributed by atoms with Crippen molar-refractivity contribution in [3.8, 4) is 0 Å². The first-order valence-electron chi connectivity index (χ1n) is 7.75. The van der Waals surface area contributed by atoms with Crippen LogP contribution >= 0.6 is 0 Å². The third-order valence-electron chi connectivity index (χ3n) is 4.78. The van der Waals surface area contributed by atoms with Gasteiger partial charge >= 0.3 is 0 Å². The topological polar surface area (TPSA) is 33.1 Å². The normalized spacial score (nSPS) is 26.8. The van der Waals surface area contributed by atoms with Crippen molar-refractivity contribution in [2.75, 3.05) is 0 Å². The van der Waals surface area contributed by atoms with Crippen molar-refractivity contribution in [3.05, 3.63) is 42.1 Å². The highest BCUT2D eigenvalue weighted by atomic mass is 16.3. The van der Waals surface area contributed by atoms with Crippen molar-refractivity contribution in [1.82, 2.24) is 4.98 Å². The number of pyridine rings is 1. The second-order valence-corrected chi connectivity index (χ2v) is 6.25. The number of aliphatic hydroxyl groups is 1. The number of hydrogen-bond acceptors (Lipinski definition) is 2. The summed E-state index contributed by atoms with van der Waals surface area (Å²) in [7, 11) is 0. The highest BCUT2D eigenvalue weighted by Gasteiger charge is 2.33. The standard InChI is InChI=1S/C18H23NO/c1-2-14-9-11-18(20,12-10-14)13-16-8-7-15-5-3-4-6-17(15)19-16/h3-8,14,20H,2,9-13H2,1H3. The van der Waals surface area contributed by atoms with E-state index < -0.39 is 5.60 Å². The molecule has 0 aliphatic heterocycles. The zero-order valence-electron chi connectivity index (χ0n) is 12.2. The first kappa shape index (κ1) is 13.6. The van der Waals surface area contributed by atoms with E-state index in [0.29, 0.717) is 6.42 Å². The van der Waals surface area contributed by atoms with Gasteiger partial charge in [0.2, 0.25) is 0 Å². The van der Waals surface area contributed by atoms with Gasteiger partial charge < -0.3 is 5.11 Å². The van der Waals surface area contributed by atoms with Crippen LogP contribution in [0.4, 0.5) is 0 Å². The van der Waals surface area contributed by atoms with Crippen LogP contribution in [0.1, 0.15) is 44.7 Å². The Morgan fingerprint density at radius 3 is 2.65 bits per heavy atom. The Labute approximate surface area is 120 Å². The van der Waals surface area contributed by atoms with Gasteiger partial charge in [-0.2, -0.15) is 0 Å². The number of fused-ring (bicyclic) bond motifs is 1. The van der Waals surface area contributed by atoms with Crippen molar-refractivity contribution in [1.29, 1.82) is 0 Å². The average Bonchev–Trinajstić information content (AvgIpc) is 2.48. The predicted octanol–water partition coefficient (Wildman–Crippen LogP) is 4.11. The monoisotopic (exact) mass is 269 g/mol. The summed E-state index contributed by atoms with van der Waals surface area (Å²) in [5.74, 6) is 0.805. The summed E-state index contributed by atoms with van der Waals surface area (Å²) in [5.41, 5.74) is 1.50. The Morgan fingerprint density at radius 2 is 1.90 bits per heavy atom. The maximum absolute atomic E-state index is 10.8. The van der Waals surface area contributed by atoms with E-state index in [0.717, 1.165) is 48.2 Å². The molecule has 1 aliphatic carbocycles. The third-order valence-corrected chi connectivity index (χ3v) is 4.78. The van der Waals surface area contributed by atoms with E-state index in [1.807, 2.05) is 18.2 Å². The van der Waals surface area contributed by atoms with Gasteiger partial charge in [-0.3, -0.25) is 4.98 Å². The maximum atomic E-state index is 10.8. The molecule has 106 valence electrons. The second-order valence-electron chi connectivity index (χ2n) is 6.25. The minimum Gasteiger partial charge on any atom is -0.389 e. The predicted molar refractivity (Wildman–Crippen MR) is 82.6 cm³/mol. The number of benzene rings is 1. The molecule has 0 atom stereocenters. The first-order valence-corrected chi connectivity index (χ1v) is 7.75. The van der Waals surface area contributed by atoms with Crippen LogP contribution in [-0.2, 0) is 6.42 Å². The minimum atomic E-state index is -0.541. The number of aromatic nitrogens is 1. The minimum absolute atomic E-state index is 0.541. The van der Waals surface area contributed by atoms with Crippen LogP contribution in [-0.4, -0.2) is 15.7 Å². The summed E-state index contributed by atoms with van der Waals surface area (Å²) in [5, 5.41) is 11.9. The molecule has 20 heavy (non-hydrogen) atoms. The molecule has 2 aromatic rings. The van der Waals surface area contributed by atoms with Gasteiger partial charge in [0.1, 0.15) is 0 Å². The molecule has 0 spiro atoms. The molecule has 1 heterocycles. The molecule has 0 bridgehead atoms. The lowest BCUT2D eigenvalue weighted by Crippen LogP contribution is -2.36. The molecule has 3 rings (SSSR count). The van der Waals surface area contributed by atoms with Crippen molar-refractivity contribution < 1.29 is 5.11 Å². The molecular weight excluding hydrogens is 246 g/mol. The molecule has 1 saturated carbocycles. The summed E-state index contributed by atoms with van der Waals surface area (Å²) >= 11 is 0. The lowest BCUT2D eigenvalue weighted by molar-refractivity contribution is -0.00991. The summed E-state index contributed by atoms with van der Waals surface area (Å²) in [4.78, 5) is 4.69. The van der Waals surface area contributed by atoms with Crippen LogP contribution in [0.3, 0.4) is 0 Å². The Hall–Kier alpha value is -1.41. The Morgan fingerprint density at radius 1 is 1.15 bits per heavy atom.